The fraction of sp³-hybridized carbons (Fsp3) is 0.185. The average Bonchev–Trinajstić information content (AvgIpc) is 3.59. The number of anilines is 1. The van der Waals surface area contributed by atoms with Gasteiger partial charge >= 0.3 is 0 Å². The Balaban J connectivity index is 1.60. The van der Waals surface area contributed by atoms with Gasteiger partial charge < -0.3 is 19.4 Å². The number of nitrogens with zero attached hydrogens (tertiary/aromatic N) is 5. The Hall–Kier alpha value is -4.86. The van der Waals surface area contributed by atoms with E-state index in [9.17, 15) is 9.59 Å². The Labute approximate surface area is 212 Å². The number of amides is 1. The number of hydrogen-bond donors (Lipinski definition) is 1. The van der Waals surface area contributed by atoms with Gasteiger partial charge in [0.25, 0.3) is 5.56 Å². The molecule has 0 aliphatic heterocycles. The molecule has 0 aliphatic carbocycles. The van der Waals surface area contributed by atoms with Crippen LogP contribution in [-0.2, 0) is 4.79 Å². The molecule has 3 heterocycles. The first kappa shape index (κ1) is 23.9. The van der Waals surface area contributed by atoms with Crippen LogP contribution in [0.25, 0.3) is 22.4 Å². The molecule has 1 amide bonds. The molecule has 0 bridgehead atoms. The number of carbonyl (C=O) groups excluding carboxylic acids is 1. The van der Waals surface area contributed by atoms with Crippen LogP contribution in [0.2, 0.25) is 0 Å². The van der Waals surface area contributed by atoms with Crippen molar-refractivity contribution in [1.82, 2.24) is 24.1 Å². The molecule has 0 unspecified atom stereocenters. The molecular formula is C27H26N6O4. The van der Waals surface area contributed by atoms with Crippen molar-refractivity contribution >= 4 is 22.5 Å². The number of ether oxygens (including phenoxy) is 2. The molecule has 1 atom stereocenters. The summed E-state index contributed by atoms with van der Waals surface area (Å²) in [5.41, 5.74) is 1.89. The topological polar surface area (TPSA) is 105 Å². The van der Waals surface area contributed by atoms with Crippen molar-refractivity contribution in [2.24, 2.45) is 0 Å². The van der Waals surface area contributed by atoms with Crippen LogP contribution in [0, 0.1) is 6.92 Å². The number of fused-ring (bicyclic) bond motifs is 1. The van der Waals surface area contributed by atoms with Crippen LogP contribution < -0.4 is 20.3 Å². The third-order valence-electron chi connectivity index (χ3n) is 6.13. The highest BCUT2D eigenvalue weighted by Crippen LogP contribution is 2.30. The maximum atomic E-state index is 13.8. The predicted molar refractivity (Wildman–Crippen MR) is 140 cm³/mol. The molecule has 37 heavy (non-hydrogen) atoms. The van der Waals surface area contributed by atoms with E-state index in [0.29, 0.717) is 39.6 Å². The molecule has 5 aromatic rings. The van der Waals surface area contributed by atoms with E-state index < -0.39 is 17.5 Å². The van der Waals surface area contributed by atoms with Crippen LogP contribution in [0.3, 0.4) is 0 Å². The van der Waals surface area contributed by atoms with Gasteiger partial charge in [0.05, 0.1) is 25.6 Å². The lowest BCUT2D eigenvalue weighted by Crippen LogP contribution is -2.34. The molecule has 5 rings (SSSR count). The van der Waals surface area contributed by atoms with Gasteiger partial charge in [0.1, 0.15) is 16.9 Å². The number of benzene rings is 2. The first-order valence-electron chi connectivity index (χ1n) is 11.7. The number of hydrogen-bond acceptors (Lipinski definition) is 6. The monoisotopic (exact) mass is 498 g/mol. The molecule has 10 heteroatoms. The summed E-state index contributed by atoms with van der Waals surface area (Å²) in [5, 5.41) is 12.4. The molecule has 0 fully saturated rings. The Bertz CT molecular complexity index is 1640. The number of para-hydroxylation sites is 1. The van der Waals surface area contributed by atoms with E-state index in [2.05, 4.69) is 10.4 Å². The van der Waals surface area contributed by atoms with Crippen LogP contribution >= 0.6 is 0 Å². The normalized spacial score (nSPS) is 11.9. The second-order valence-electron chi connectivity index (χ2n) is 8.45. The van der Waals surface area contributed by atoms with Crippen molar-refractivity contribution < 1.29 is 14.3 Å². The minimum Gasteiger partial charge on any atom is -0.493 e. The summed E-state index contributed by atoms with van der Waals surface area (Å²) in [6.07, 6.45) is 3.70. The van der Waals surface area contributed by atoms with Gasteiger partial charge in [-0.05, 0) is 50.2 Å². The molecule has 0 saturated heterocycles. The van der Waals surface area contributed by atoms with Crippen LogP contribution in [0.15, 0.2) is 77.9 Å². The van der Waals surface area contributed by atoms with Gasteiger partial charge in [-0.3, -0.25) is 9.59 Å². The van der Waals surface area contributed by atoms with Gasteiger partial charge in [0.2, 0.25) is 5.91 Å². The van der Waals surface area contributed by atoms with Gasteiger partial charge in [0.15, 0.2) is 17.3 Å². The van der Waals surface area contributed by atoms with Crippen LogP contribution in [0.5, 0.6) is 11.5 Å². The van der Waals surface area contributed by atoms with Crippen molar-refractivity contribution in [3.8, 4) is 23.0 Å². The summed E-state index contributed by atoms with van der Waals surface area (Å²) in [7, 11) is 3.06. The lowest BCUT2D eigenvalue weighted by Gasteiger charge is -2.16. The van der Waals surface area contributed by atoms with E-state index in [1.165, 1.54) is 18.9 Å². The first-order valence-corrected chi connectivity index (χ1v) is 11.7. The summed E-state index contributed by atoms with van der Waals surface area (Å²) >= 11 is 0. The van der Waals surface area contributed by atoms with Crippen LogP contribution in [0.1, 0.15) is 18.7 Å². The SMILES string of the molecule is COc1ccc(NC(=O)[C@H](C)n2nc(C)c3nn(-c4ccccc4)c(-n4cccc4)c3c2=O)cc1OC. The molecule has 3 aromatic heterocycles. The first-order chi connectivity index (χ1) is 17.9. The zero-order chi connectivity index (χ0) is 26.1. The fourth-order valence-corrected chi connectivity index (χ4v) is 4.23. The summed E-state index contributed by atoms with van der Waals surface area (Å²) in [6, 6.07) is 17.5. The number of nitrogens with one attached hydrogen (secondary N) is 1. The maximum Gasteiger partial charge on any atom is 0.280 e. The zero-order valence-electron chi connectivity index (χ0n) is 20.9. The minimum absolute atomic E-state index is 0.373. The fourth-order valence-electron chi connectivity index (χ4n) is 4.23. The Morgan fingerprint density at radius 2 is 1.65 bits per heavy atom. The molecular weight excluding hydrogens is 472 g/mol. The van der Waals surface area contributed by atoms with E-state index in [1.807, 2.05) is 59.4 Å². The standard InChI is InChI=1S/C27H26N6O4/c1-17-24-23(26(31-14-8-9-15-31)33(30-24)20-10-6-5-7-11-20)27(35)32(29-17)18(2)25(34)28-19-12-13-21(36-3)22(16-19)37-4/h5-16,18H,1-4H3,(H,28,34)/t18-/m0/s1. The van der Waals surface area contributed by atoms with E-state index in [4.69, 9.17) is 14.6 Å². The summed E-state index contributed by atoms with van der Waals surface area (Å²) in [6.45, 7) is 3.41. The number of aromatic nitrogens is 5. The zero-order valence-corrected chi connectivity index (χ0v) is 20.9. The van der Waals surface area contributed by atoms with Crippen molar-refractivity contribution in [3.05, 3.63) is 89.1 Å². The summed E-state index contributed by atoms with van der Waals surface area (Å²) < 4.78 is 15.3. The lowest BCUT2D eigenvalue weighted by molar-refractivity contribution is -0.119. The Morgan fingerprint density at radius 3 is 2.32 bits per heavy atom. The quantitative estimate of drug-likeness (QED) is 0.365. The smallest absolute Gasteiger partial charge is 0.280 e. The van der Waals surface area contributed by atoms with E-state index in [0.717, 1.165) is 5.69 Å². The van der Waals surface area contributed by atoms with Gasteiger partial charge in [-0.15, -0.1) is 0 Å². The number of carbonyl (C=O) groups is 1. The summed E-state index contributed by atoms with van der Waals surface area (Å²) in [5.74, 6) is 1.19. The highest BCUT2D eigenvalue weighted by Gasteiger charge is 2.25. The van der Waals surface area contributed by atoms with Crippen molar-refractivity contribution in [1.29, 1.82) is 0 Å². The van der Waals surface area contributed by atoms with Gasteiger partial charge in [0, 0.05) is 24.1 Å². The largest absolute Gasteiger partial charge is 0.493 e. The molecule has 1 N–H and O–H groups in total. The average molecular weight is 499 g/mol. The van der Waals surface area contributed by atoms with E-state index in [1.54, 1.807) is 36.7 Å². The third-order valence-corrected chi connectivity index (χ3v) is 6.13. The predicted octanol–water partition coefficient (Wildman–Crippen LogP) is 3.90. The lowest BCUT2D eigenvalue weighted by atomic mass is 10.2. The number of rotatable bonds is 7. The molecule has 0 aliphatic rings. The third kappa shape index (κ3) is 4.22. The van der Waals surface area contributed by atoms with Crippen LogP contribution in [-0.4, -0.2) is 44.3 Å². The highest BCUT2D eigenvalue weighted by atomic mass is 16.5. The Morgan fingerprint density at radius 1 is 0.946 bits per heavy atom. The van der Waals surface area contributed by atoms with Gasteiger partial charge in [-0.25, -0.2) is 9.36 Å². The van der Waals surface area contributed by atoms with Gasteiger partial charge in [-0.1, -0.05) is 18.2 Å². The molecule has 0 radical (unpaired) electrons. The minimum atomic E-state index is -0.902. The second-order valence-corrected chi connectivity index (χ2v) is 8.45. The molecule has 0 spiro atoms. The highest BCUT2D eigenvalue weighted by molar-refractivity contribution is 5.94. The molecule has 188 valence electrons. The number of methoxy groups -OCH3 is 2. The Kier molecular flexibility index (Phi) is 6.22. The maximum absolute atomic E-state index is 13.8. The second kappa shape index (κ2) is 9.65. The molecule has 0 saturated carbocycles. The van der Waals surface area contributed by atoms with Crippen LogP contribution in [0.4, 0.5) is 5.69 Å². The van der Waals surface area contributed by atoms with Crippen molar-refractivity contribution in [3.63, 3.8) is 0 Å². The number of aryl methyl sites for hydroxylation is 1. The molecule has 2 aromatic carbocycles. The van der Waals surface area contributed by atoms with E-state index >= 15 is 0 Å². The van der Waals surface area contributed by atoms with Crippen molar-refractivity contribution in [2.75, 3.05) is 19.5 Å². The molecule has 10 nitrogen and oxygen atoms in total. The summed E-state index contributed by atoms with van der Waals surface area (Å²) in [4.78, 5) is 27.0. The van der Waals surface area contributed by atoms with Gasteiger partial charge in [-0.2, -0.15) is 10.2 Å². The van der Waals surface area contributed by atoms with E-state index in [-0.39, 0.29) is 0 Å². The van der Waals surface area contributed by atoms with Crippen molar-refractivity contribution in [2.45, 2.75) is 19.9 Å².